The number of aryl methyl sites for hydroxylation is 2. The van der Waals surface area contributed by atoms with E-state index >= 15 is 0 Å². The van der Waals surface area contributed by atoms with Crippen molar-refractivity contribution in [2.75, 3.05) is 13.7 Å². The maximum absolute atomic E-state index is 13.4. The second kappa shape index (κ2) is 8.19. The number of hydrogen-bond acceptors (Lipinski definition) is 4. The maximum atomic E-state index is 13.4. The van der Waals surface area contributed by atoms with E-state index in [0.717, 1.165) is 66.1 Å². The lowest BCUT2D eigenvalue weighted by atomic mass is 9.97. The lowest BCUT2D eigenvalue weighted by Crippen LogP contribution is -2.39. The molecule has 2 heterocycles. The molecule has 1 atom stereocenters. The fraction of sp³-hybridized carbons (Fsp3) is 0.308. The van der Waals surface area contributed by atoms with E-state index in [1.807, 2.05) is 59.0 Å². The molecule has 6 nitrogen and oxygen atoms in total. The number of rotatable bonds is 4. The number of phenols is 1. The van der Waals surface area contributed by atoms with Gasteiger partial charge >= 0.3 is 0 Å². The zero-order chi connectivity index (χ0) is 22.2. The highest BCUT2D eigenvalue weighted by Crippen LogP contribution is 2.40. The third-order valence-electron chi connectivity index (χ3n) is 6.46. The van der Waals surface area contributed by atoms with Gasteiger partial charge in [0.15, 0.2) is 0 Å². The Kier molecular flexibility index (Phi) is 5.21. The molecule has 0 radical (unpaired) electrons. The highest BCUT2D eigenvalue weighted by molar-refractivity contribution is 5.99. The van der Waals surface area contributed by atoms with Crippen molar-refractivity contribution in [1.82, 2.24) is 14.5 Å². The van der Waals surface area contributed by atoms with E-state index in [-0.39, 0.29) is 11.9 Å². The van der Waals surface area contributed by atoms with Crippen molar-refractivity contribution >= 4 is 12.0 Å². The number of fused-ring (bicyclic) bond motifs is 1. The summed E-state index contributed by atoms with van der Waals surface area (Å²) >= 11 is 0. The molecule has 0 spiro atoms. The van der Waals surface area contributed by atoms with Crippen molar-refractivity contribution in [3.05, 3.63) is 76.9 Å². The fourth-order valence-corrected chi connectivity index (χ4v) is 4.92. The Morgan fingerprint density at radius 1 is 1.19 bits per heavy atom. The Morgan fingerprint density at radius 2 is 2.06 bits per heavy atom. The predicted molar refractivity (Wildman–Crippen MR) is 123 cm³/mol. The van der Waals surface area contributed by atoms with Gasteiger partial charge in [0.05, 0.1) is 30.9 Å². The van der Waals surface area contributed by atoms with E-state index in [2.05, 4.69) is 4.98 Å². The number of ether oxygens (including phenoxy) is 1. The summed E-state index contributed by atoms with van der Waals surface area (Å²) in [6.45, 7) is 2.72. The number of phenolic OH excluding ortho intramolecular Hbond substituents is 1. The number of likely N-dealkylation sites (tertiary alicyclic amines) is 1. The number of benzene rings is 2. The molecule has 1 amide bonds. The number of aromatic nitrogens is 2. The predicted octanol–water partition coefficient (Wildman–Crippen LogP) is 4.59. The summed E-state index contributed by atoms with van der Waals surface area (Å²) < 4.78 is 7.56. The van der Waals surface area contributed by atoms with Gasteiger partial charge in [0.1, 0.15) is 11.5 Å². The SMILES string of the molecule is COc1cc(/C=C2\CCCN([C@@H]3CCc4cc(O)ccc43)C2=O)ccc1-n1cnc(C)c1. The first kappa shape index (κ1) is 20.4. The zero-order valence-electron chi connectivity index (χ0n) is 18.4. The van der Waals surface area contributed by atoms with Gasteiger partial charge in [-0.25, -0.2) is 4.98 Å². The molecule has 0 unspecified atom stereocenters. The minimum Gasteiger partial charge on any atom is -0.508 e. The van der Waals surface area contributed by atoms with Gasteiger partial charge in [-0.05, 0) is 79.6 Å². The molecule has 2 aliphatic rings. The van der Waals surface area contributed by atoms with Gasteiger partial charge in [-0.3, -0.25) is 4.79 Å². The number of carbonyl (C=O) groups excluding carboxylic acids is 1. The number of piperidine rings is 1. The molecule has 1 aromatic heterocycles. The summed E-state index contributed by atoms with van der Waals surface area (Å²) in [6, 6.07) is 11.6. The van der Waals surface area contributed by atoms with Gasteiger partial charge in [0.25, 0.3) is 0 Å². The third-order valence-corrected chi connectivity index (χ3v) is 6.46. The van der Waals surface area contributed by atoms with Crippen molar-refractivity contribution in [1.29, 1.82) is 0 Å². The molecule has 3 aromatic rings. The Bertz CT molecular complexity index is 1210. The van der Waals surface area contributed by atoms with Crippen LogP contribution in [0.25, 0.3) is 11.8 Å². The van der Waals surface area contributed by atoms with E-state index < -0.39 is 0 Å². The van der Waals surface area contributed by atoms with Crippen LogP contribution in [0.3, 0.4) is 0 Å². The number of aromatic hydroxyl groups is 1. The average Bonchev–Trinajstić information content (AvgIpc) is 3.41. The van der Waals surface area contributed by atoms with Crippen LogP contribution in [0.1, 0.15) is 47.7 Å². The van der Waals surface area contributed by atoms with E-state index in [1.165, 1.54) is 5.56 Å². The molecule has 2 aromatic carbocycles. The van der Waals surface area contributed by atoms with Crippen molar-refractivity contribution in [3.63, 3.8) is 0 Å². The van der Waals surface area contributed by atoms with E-state index in [4.69, 9.17) is 4.74 Å². The molecule has 0 saturated carbocycles. The lowest BCUT2D eigenvalue weighted by molar-refractivity contribution is -0.131. The molecule has 0 bridgehead atoms. The van der Waals surface area contributed by atoms with Gasteiger partial charge in [0.2, 0.25) is 5.91 Å². The molecule has 6 heteroatoms. The smallest absolute Gasteiger partial charge is 0.250 e. The monoisotopic (exact) mass is 429 g/mol. The molecular weight excluding hydrogens is 402 g/mol. The Hall–Kier alpha value is -3.54. The van der Waals surface area contributed by atoms with Crippen LogP contribution in [0.2, 0.25) is 0 Å². The zero-order valence-corrected chi connectivity index (χ0v) is 18.4. The van der Waals surface area contributed by atoms with Crippen LogP contribution < -0.4 is 4.74 Å². The van der Waals surface area contributed by atoms with Crippen molar-refractivity contribution in [3.8, 4) is 17.2 Å². The molecule has 32 heavy (non-hydrogen) atoms. The molecular formula is C26H27N3O3. The van der Waals surface area contributed by atoms with E-state index in [1.54, 1.807) is 19.5 Å². The molecule has 1 aliphatic heterocycles. The minimum absolute atomic E-state index is 0.0863. The topological polar surface area (TPSA) is 67.6 Å². The Balaban J connectivity index is 1.42. The van der Waals surface area contributed by atoms with Gasteiger partial charge < -0.3 is 19.3 Å². The number of carbonyl (C=O) groups is 1. The second-order valence-electron chi connectivity index (χ2n) is 8.56. The summed E-state index contributed by atoms with van der Waals surface area (Å²) in [5.41, 5.74) is 5.95. The first-order valence-electron chi connectivity index (χ1n) is 11.1. The van der Waals surface area contributed by atoms with Crippen LogP contribution in [0, 0.1) is 6.92 Å². The van der Waals surface area contributed by atoms with Gasteiger partial charge in [-0.1, -0.05) is 12.1 Å². The first-order chi connectivity index (χ1) is 15.5. The highest BCUT2D eigenvalue weighted by Gasteiger charge is 2.34. The molecule has 1 N–H and O–H groups in total. The average molecular weight is 430 g/mol. The molecule has 1 saturated heterocycles. The van der Waals surface area contributed by atoms with Crippen molar-refractivity contribution in [2.24, 2.45) is 0 Å². The molecule has 1 aliphatic carbocycles. The second-order valence-corrected chi connectivity index (χ2v) is 8.56. The molecule has 5 rings (SSSR count). The summed E-state index contributed by atoms with van der Waals surface area (Å²) in [5, 5.41) is 9.78. The van der Waals surface area contributed by atoms with Crippen molar-refractivity contribution < 1.29 is 14.6 Å². The summed E-state index contributed by atoms with van der Waals surface area (Å²) in [5.74, 6) is 1.13. The number of amides is 1. The van der Waals surface area contributed by atoms with Crippen LogP contribution >= 0.6 is 0 Å². The summed E-state index contributed by atoms with van der Waals surface area (Å²) in [7, 11) is 1.66. The van der Waals surface area contributed by atoms with Crippen LogP contribution in [0.4, 0.5) is 0 Å². The fourth-order valence-electron chi connectivity index (χ4n) is 4.92. The van der Waals surface area contributed by atoms with Crippen LogP contribution in [0.15, 0.2) is 54.5 Å². The van der Waals surface area contributed by atoms with Crippen LogP contribution in [0.5, 0.6) is 11.5 Å². The van der Waals surface area contributed by atoms with Gasteiger partial charge in [-0.15, -0.1) is 0 Å². The Morgan fingerprint density at radius 3 is 2.84 bits per heavy atom. The normalized spacial score (nSPS) is 19.4. The van der Waals surface area contributed by atoms with Crippen LogP contribution in [-0.4, -0.2) is 39.1 Å². The number of imidazole rings is 1. The molecule has 1 fully saturated rings. The number of hydrogen-bond donors (Lipinski definition) is 1. The van der Waals surface area contributed by atoms with E-state index in [9.17, 15) is 9.90 Å². The number of methoxy groups -OCH3 is 1. The highest BCUT2D eigenvalue weighted by atomic mass is 16.5. The largest absolute Gasteiger partial charge is 0.508 e. The van der Waals surface area contributed by atoms with Gasteiger partial charge in [0, 0.05) is 18.3 Å². The number of nitrogens with zero attached hydrogens (tertiary/aromatic N) is 3. The maximum Gasteiger partial charge on any atom is 0.250 e. The Labute approximate surface area is 187 Å². The quantitative estimate of drug-likeness (QED) is 0.616. The van der Waals surface area contributed by atoms with Crippen molar-refractivity contribution in [2.45, 2.75) is 38.6 Å². The first-order valence-corrected chi connectivity index (χ1v) is 11.1. The standard InChI is InChI=1S/C26H27N3O3/c1-17-15-28(16-27-17)24-9-5-18(13-25(24)32-2)12-20-4-3-11-29(26(20)31)23-10-6-19-14-21(30)7-8-22(19)23/h5,7-9,12-16,23,30H,3-4,6,10-11H2,1-2H3/b20-12+/t23-/m1/s1. The molecule has 164 valence electrons. The summed E-state index contributed by atoms with van der Waals surface area (Å²) in [4.78, 5) is 19.7. The summed E-state index contributed by atoms with van der Waals surface area (Å²) in [6.07, 6.45) is 9.24. The lowest BCUT2D eigenvalue weighted by Gasteiger charge is -2.34. The third kappa shape index (κ3) is 3.66. The van der Waals surface area contributed by atoms with Gasteiger partial charge in [-0.2, -0.15) is 0 Å². The minimum atomic E-state index is 0.0863. The van der Waals surface area contributed by atoms with E-state index in [0.29, 0.717) is 5.75 Å². The van der Waals surface area contributed by atoms with Crippen LogP contribution in [-0.2, 0) is 11.2 Å².